The zero-order chi connectivity index (χ0) is 7.28. The summed E-state index contributed by atoms with van der Waals surface area (Å²) in [5.41, 5.74) is 5.08. The fourth-order valence-electron chi connectivity index (χ4n) is 0.554. The molecule has 0 rings (SSSR count). The summed E-state index contributed by atoms with van der Waals surface area (Å²) >= 11 is 0. The molecule has 0 aromatic heterocycles. The molecule has 0 aromatic rings. The molecule has 4 heteroatoms. The van der Waals surface area contributed by atoms with Gasteiger partial charge in [-0.2, -0.15) is 0 Å². The average Bonchev–Trinajstić information content (AvgIpc) is 1.63. The van der Waals surface area contributed by atoms with Crippen LogP contribution in [0.4, 0.5) is 0 Å². The van der Waals surface area contributed by atoms with Crippen molar-refractivity contribution in [2.24, 2.45) is 5.73 Å². The molecule has 0 aliphatic carbocycles. The van der Waals surface area contributed by atoms with Gasteiger partial charge in [-0.3, -0.25) is 0 Å². The summed E-state index contributed by atoms with van der Waals surface area (Å²) < 4.78 is 0. The molecule has 0 saturated heterocycles. The molecule has 0 fully saturated rings. The van der Waals surface area contributed by atoms with Gasteiger partial charge in [0.2, 0.25) is 0 Å². The lowest BCUT2D eigenvalue weighted by molar-refractivity contribution is -0.0702. The van der Waals surface area contributed by atoms with Gasteiger partial charge in [-0.25, -0.2) is 0 Å². The molecule has 0 aromatic carbocycles. The monoisotopic (exact) mass is 135 g/mol. The Morgan fingerprint density at radius 2 is 1.78 bits per heavy atom. The largest absolute Gasteiger partial charge is 0.393 e. The van der Waals surface area contributed by atoms with Crippen molar-refractivity contribution >= 4 is 0 Å². The van der Waals surface area contributed by atoms with Gasteiger partial charge in [0.1, 0.15) is 0 Å². The molecule has 1 atom stereocenters. The van der Waals surface area contributed by atoms with Crippen LogP contribution < -0.4 is 5.73 Å². The van der Waals surface area contributed by atoms with E-state index < -0.39 is 12.4 Å². The molecule has 0 amide bonds. The van der Waals surface area contributed by atoms with Crippen LogP contribution in [0.1, 0.15) is 12.8 Å². The van der Waals surface area contributed by atoms with Crippen LogP contribution in [-0.2, 0) is 0 Å². The van der Waals surface area contributed by atoms with E-state index in [0.717, 1.165) is 0 Å². The van der Waals surface area contributed by atoms with Gasteiger partial charge in [-0.15, -0.1) is 0 Å². The van der Waals surface area contributed by atoms with Gasteiger partial charge in [-0.1, -0.05) is 0 Å². The molecular formula is C5H13NO3. The Bertz CT molecular complexity index is 67.2. The Balaban J connectivity index is 3.15. The number of aliphatic hydroxyl groups excluding tert-OH is 2. The Morgan fingerprint density at radius 3 is 2.11 bits per heavy atom. The maximum absolute atomic E-state index is 8.82. The van der Waals surface area contributed by atoms with E-state index in [0.29, 0.717) is 13.0 Å². The quantitative estimate of drug-likeness (QED) is 0.349. The third kappa shape index (κ3) is 5.72. The molecule has 0 heterocycles. The number of aliphatic hydroxyl groups is 3. The summed E-state index contributed by atoms with van der Waals surface area (Å²) in [6.07, 6.45) is -1.71. The van der Waals surface area contributed by atoms with Crippen molar-refractivity contribution in [3.63, 3.8) is 0 Å². The first kappa shape index (κ1) is 8.84. The maximum atomic E-state index is 8.82. The third-order valence-corrected chi connectivity index (χ3v) is 0.983. The smallest absolute Gasteiger partial charge is 0.153 e. The average molecular weight is 135 g/mol. The Hall–Kier alpha value is -0.160. The highest BCUT2D eigenvalue weighted by atomic mass is 16.5. The number of hydrogen-bond acceptors (Lipinski definition) is 4. The van der Waals surface area contributed by atoms with Crippen LogP contribution in [-0.4, -0.2) is 34.3 Å². The van der Waals surface area contributed by atoms with E-state index in [1.54, 1.807) is 0 Å². The van der Waals surface area contributed by atoms with Crippen LogP contribution in [0, 0.1) is 0 Å². The highest BCUT2D eigenvalue weighted by Gasteiger charge is 2.06. The molecule has 0 spiro atoms. The maximum Gasteiger partial charge on any atom is 0.153 e. The predicted molar refractivity (Wildman–Crippen MR) is 32.5 cm³/mol. The zero-order valence-electron chi connectivity index (χ0n) is 5.20. The van der Waals surface area contributed by atoms with Gasteiger partial charge < -0.3 is 21.1 Å². The molecule has 9 heavy (non-hydrogen) atoms. The second kappa shape index (κ2) is 4.69. The van der Waals surface area contributed by atoms with Crippen LogP contribution in [0.2, 0.25) is 0 Å². The summed E-state index contributed by atoms with van der Waals surface area (Å²) in [5, 5.41) is 25.4. The highest BCUT2D eigenvalue weighted by Crippen LogP contribution is 1.97. The summed E-state index contributed by atoms with van der Waals surface area (Å²) in [6, 6.07) is 0. The van der Waals surface area contributed by atoms with E-state index in [-0.39, 0.29) is 6.42 Å². The Labute approximate surface area is 53.9 Å². The lowest BCUT2D eigenvalue weighted by Crippen LogP contribution is -2.19. The van der Waals surface area contributed by atoms with Gasteiger partial charge in [0.05, 0.1) is 6.10 Å². The first-order chi connectivity index (χ1) is 4.16. The molecule has 4 nitrogen and oxygen atoms in total. The van der Waals surface area contributed by atoms with E-state index >= 15 is 0 Å². The van der Waals surface area contributed by atoms with Crippen molar-refractivity contribution in [3.8, 4) is 0 Å². The lowest BCUT2D eigenvalue weighted by atomic mass is 10.2. The van der Waals surface area contributed by atoms with E-state index in [2.05, 4.69) is 0 Å². The molecule has 0 saturated carbocycles. The summed E-state index contributed by atoms with van der Waals surface area (Å²) in [4.78, 5) is 0. The van der Waals surface area contributed by atoms with Gasteiger partial charge in [0.15, 0.2) is 6.29 Å². The van der Waals surface area contributed by atoms with Crippen LogP contribution in [0.3, 0.4) is 0 Å². The third-order valence-electron chi connectivity index (χ3n) is 0.983. The van der Waals surface area contributed by atoms with Crippen molar-refractivity contribution in [1.29, 1.82) is 0 Å². The van der Waals surface area contributed by atoms with Gasteiger partial charge in [-0.05, 0) is 13.0 Å². The first-order valence-electron chi connectivity index (χ1n) is 2.91. The summed E-state index contributed by atoms with van der Waals surface area (Å²) in [5.74, 6) is 0. The zero-order valence-corrected chi connectivity index (χ0v) is 5.20. The van der Waals surface area contributed by atoms with E-state index in [9.17, 15) is 0 Å². The molecule has 0 aliphatic rings. The minimum absolute atomic E-state index is 0.0167. The topological polar surface area (TPSA) is 86.7 Å². The van der Waals surface area contributed by atoms with E-state index in [4.69, 9.17) is 21.1 Å². The normalized spacial score (nSPS) is 14.3. The summed E-state index contributed by atoms with van der Waals surface area (Å²) in [6.45, 7) is 0.369. The molecule has 0 aliphatic heterocycles. The first-order valence-corrected chi connectivity index (χ1v) is 2.91. The minimum atomic E-state index is -1.42. The molecule has 0 bridgehead atoms. The van der Waals surface area contributed by atoms with Gasteiger partial charge >= 0.3 is 0 Å². The molecule has 5 N–H and O–H groups in total. The van der Waals surface area contributed by atoms with Crippen molar-refractivity contribution < 1.29 is 15.3 Å². The summed E-state index contributed by atoms with van der Waals surface area (Å²) in [7, 11) is 0. The molecule has 56 valence electrons. The standard InChI is InChI=1S/C5H13NO3/c6-2-1-4(7)3-5(8)9/h4-5,7-9H,1-3,6H2. The van der Waals surface area contributed by atoms with Crippen molar-refractivity contribution in [2.75, 3.05) is 6.54 Å². The number of nitrogens with two attached hydrogens (primary N) is 1. The van der Waals surface area contributed by atoms with Crippen molar-refractivity contribution in [3.05, 3.63) is 0 Å². The number of hydrogen-bond donors (Lipinski definition) is 4. The molecular weight excluding hydrogens is 122 g/mol. The predicted octanol–water partition coefficient (Wildman–Crippen LogP) is -1.60. The second-order valence-corrected chi connectivity index (χ2v) is 1.95. The fraction of sp³-hybridized carbons (Fsp3) is 1.00. The van der Waals surface area contributed by atoms with Crippen molar-refractivity contribution in [1.82, 2.24) is 0 Å². The second-order valence-electron chi connectivity index (χ2n) is 1.95. The van der Waals surface area contributed by atoms with Crippen LogP contribution >= 0.6 is 0 Å². The minimum Gasteiger partial charge on any atom is -0.393 e. The molecule has 1 unspecified atom stereocenters. The number of rotatable bonds is 4. The Kier molecular flexibility index (Phi) is 4.61. The van der Waals surface area contributed by atoms with Crippen LogP contribution in [0.5, 0.6) is 0 Å². The van der Waals surface area contributed by atoms with Crippen LogP contribution in [0.15, 0.2) is 0 Å². The van der Waals surface area contributed by atoms with Gasteiger partial charge in [0.25, 0.3) is 0 Å². The lowest BCUT2D eigenvalue weighted by Gasteiger charge is -2.09. The van der Waals surface area contributed by atoms with Gasteiger partial charge in [0, 0.05) is 6.42 Å². The molecule has 0 radical (unpaired) electrons. The fourth-order valence-corrected chi connectivity index (χ4v) is 0.554. The highest BCUT2D eigenvalue weighted by molar-refractivity contribution is 4.55. The van der Waals surface area contributed by atoms with Crippen LogP contribution in [0.25, 0.3) is 0 Å². The SMILES string of the molecule is NCCC(O)CC(O)O. The Morgan fingerprint density at radius 1 is 1.22 bits per heavy atom. The van der Waals surface area contributed by atoms with E-state index in [1.165, 1.54) is 0 Å². The van der Waals surface area contributed by atoms with E-state index in [1.807, 2.05) is 0 Å². The van der Waals surface area contributed by atoms with Crippen molar-refractivity contribution in [2.45, 2.75) is 25.2 Å².